The minimum atomic E-state index is -0.260. The van der Waals surface area contributed by atoms with Crippen LogP contribution in [0, 0.1) is 11.3 Å². The van der Waals surface area contributed by atoms with Crippen molar-refractivity contribution in [3.05, 3.63) is 70.0 Å². The Morgan fingerprint density at radius 2 is 1.68 bits per heavy atom. The van der Waals surface area contributed by atoms with Crippen LogP contribution in [-0.4, -0.2) is 31.1 Å². The molecule has 142 valence electrons. The van der Waals surface area contributed by atoms with Gasteiger partial charge in [-0.15, -0.1) is 0 Å². The third-order valence-corrected chi connectivity index (χ3v) is 4.29. The molecule has 0 spiro atoms. The minimum Gasteiger partial charge on any atom is -0.493 e. The summed E-state index contributed by atoms with van der Waals surface area (Å²) in [5.74, 6) is 1.46. The number of hydrogen-bond acceptors (Lipinski definition) is 6. The maximum Gasteiger partial charge on any atom is 0.267 e. The van der Waals surface area contributed by atoms with Crippen LogP contribution < -0.4 is 19.8 Å². The summed E-state index contributed by atoms with van der Waals surface area (Å²) < 4.78 is 17.4. The van der Waals surface area contributed by atoms with Gasteiger partial charge in [0.25, 0.3) is 5.56 Å². The highest BCUT2D eigenvalue weighted by Crippen LogP contribution is 2.40. The van der Waals surface area contributed by atoms with Crippen LogP contribution >= 0.6 is 0 Å². The van der Waals surface area contributed by atoms with Crippen LogP contribution in [0.15, 0.2) is 53.3 Å². The fraction of sp³-hybridized carbons (Fsp3) is 0.190. The first-order valence-corrected chi connectivity index (χ1v) is 8.47. The van der Waals surface area contributed by atoms with Gasteiger partial charge in [-0.2, -0.15) is 10.4 Å². The van der Waals surface area contributed by atoms with E-state index in [0.29, 0.717) is 34.1 Å². The molecule has 0 aliphatic heterocycles. The predicted molar refractivity (Wildman–Crippen MR) is 104 cm³/mol. The van der Waals surface area contributed by atoms with Crippen molar-refractivity contribution in [3.63, 3.8) is 0 Å². The quantitative estimate of drug-likeness (QED) is 0.657. The number of nitrogens with zero attached hydrogens (tertiary/aromatic N) is 3. The van der Waals surface area contributed by atoms with Gasteiger partial charge in [0.05, 0.1) is 45.2 Å². The van der Waals surface area contributed by atoms with Crippen molar-refractivity contribution in [2.24, 2.45) is 0 Å². The average molecular weight is 377 g/mol. The Kier molecular flexibility index (Phi) is 5.61. The van der Waals surface area contributed by atoms with Crippen LogP contribution in [0.4, 0.5) is 0 Å². The number of nitriles is 1. The molecule has 28 heavy (non-hydrogen) atoms. The van der Waals surface area contributed by atoms with E-state index in [9.17, 15) is 10.1 Å². The molecule has 3 aromatic rings. The molecule has 1 heterocycles. The summed E-state index contributed by atoms with van der Waals surface area (Å²) in [5, 5.41) is 13.7. The Bertz CT molecular complexity index is 1070. The maximum absolute atomic E-state index is 12.3. The second kappa shape index (κ2) is 8.27. The Hall–Kier alpha value is -3.79. The minimum absolute atomic E-state index is 0.195. The molecule has 2 aromatic carbocycles. The lowest BCUT2D eigenvalue weighted by atomic mass is 10.1. The highest BCUT2D eigenvalue weighted by atomic mass is 16.5. The molecule has 0 unspecified atom stereocenters. The summed E-state index contributed by atoms with van der Waals surface area (Å²) in [4.78, 5) is 12.3. The molecule has 0 bridgehead atoms. The van der Waals surface area contributed by atoms with Crippen LogP contribution in [-0.2, 0) is 6.54 Å². The molecule has 0 radical (unpaired) electrons. The number of methoxy groups -OCH3 is 3. The van der Waals surface area contributed by atoms with Crippen LogP contribution in [0.5, 0.6) is 17.2 Å². The van der Waals surface area contributed by atoms with Crippen molar-refractivity contribution in [3.8, 4) is 34.6 Å². The van der Waals surface area contributed by atoms with Gasteiger partial charge < -0.3 is 14.2 Å². The van der Waals surface area contributed by atoms with E-state index in [2.05, 4.69) is 11.2 Å². The monoisotopic (exact) mass is 377 g/mol. The van der Waals surface area contributed by atoms with Crippen LogP contribution in [0.3, 0.4) is 0 Å². The first-order valence-electron chi connectivity index (χ1n) is 8.47. The fourth-order valence-electron chi connectivity index (χ4n) is 2.87. The normalized spacial score (nSPS) is 10.2. The van der Waals surface area contributed by atoms with Crippen molar-refractivity contribution in [1.82, 2.24) is 9.78 Å². The molecule has 0 fully saturated rings. The molecular weight excluding hydrogens is 358 g/mol. The molecule has 0 atom stereocenters. The lowest BCUT2D eigenvalue weighted by molar-refractivity contribution is 0.324. The van der Waals surface area contributed by atoms with Crippen molar-refractivity contribution in [2.75, 3.05) is 21.3 Å². The van der Waals surface area contributed by atoms with Gasteiger partial charge in [0.15, 0.2) is 11.5 Å². The van der Waals surface area contributed by atoms with Crippen molar-refractivity contribution in [2.45, 2.75) is 6.54 Å². The second-order valence-electron chi connectivity index (χ2n) is 5.90. The molecule has 0 amide bonds. The Labute approximate surface area is 162 Å². The van der Waals surface area contributed by atoms with Gasteiger partial charge in [0.2, 0.25) is 5.75 Å². The smallest absolute Gasteiger partial charge is 0.267 e. The number of aromatic nitrogens is 2. The molecule has 7 heteroatoms. The van der Waals surface area contributed by atoms with Crippen molar-refractivity contribution in [1.29, 1.82) is 5.26 Å². The zero-order valence-electron chi connectivity index (χ0n) is 15.8. The Morgan fingerprint density at radius 1 is 1.00 bits per heavy atom. The average Bonchev–Trinajstić information content (AvgIpc) is 2.74. The topological polar surface area (TPSA) is 86.4 Å². The Balaban J connectivity index is 2.07. The molecule has 7 nitrogen and oxygen atoms in total. The highest BCUT2D eigenvalue weighted by molar-refractivity contribution is 5.68. The van der Waals surface area contributed by atoms with Gasteiger partial charge in [-0.3, -0.25) is 4.79 Å². The molecule has 0 saturated carbocycles. The molecule has 0 N–H and O–H groups in total. The summed E-state index contributed by atoms with van der Waals surface area (Å²) in [7, 11) is 4.60. The molecular formula is C21H19N3O4. The highest BCUT2D eigenvalue weighted by Gasteiger charge is 2.15. The van der Waals surface area contributed by atoms with Gasteiger partial charge >= 0.3 is 0 Å². The largest absolute Gasteiger partial charge is 0.493 e. The summed E-state index contributed by atoms with van der Waals surface area (Å²) >= 11 is 0. The van der Waals surface area contributed by atoms with E-state index < -0.39 is 0 Å². The second-order valence-corrected chi connectivity index (χ2v) is 5.90. The van der Waals surface area contributed by atoms with Crippen LogP contribution in [0.25, 0.3) is 11.3 Å². The predicted octanol–water partition coefficient (Wildman–Crippen LogP) is 2.86. The molecule has 0 aliphatic rings. The van der Waals surface area contributed by atoms with Gasteiger partial charge in [-0.05, 0) is 29.8 Å². The van der Waals surface area contributed by atoms with E-state index in [-0.39, 0.29) is 12.1 Å². The standard InChI is InChI=1S/C21H19N3O4/c1-26-18-10-16(11-19(27-2)21(18)28-3)17-8-9-20(25)24(23-17)13-15-7-5-4-6-14(15)12-22/h4-11H,13H2,1-3H3. The van der Waals surface area contributed by atoms with Gasteiger partial charge in [0.1, 0.15) is 0 Å². The first-order chi connectivity index (χ1) is 13.6. The maximum atomic E-state index is 12.3. The zero-order chi connectivity index (χ0) is 20.1. The number of benzene rings is 2. The first kappa shape index (κ1) is 19.0. The van der Waals surface area contributed by atoms with Gasteiger partial charge in [-0.1, -0.05) is 18.2 Å². The van der Waals surface area contributed by atoms with Crippen LogP contribution in [0.2, 0.25) is 0 Å². The van der Waals surface area contributed by atoms with E-state index in [4.69, 9.17) is 14.2 Å². The van der Waals surface area contributed by atoms with Gasteiger partial charge in [-0.25, -0.2) is 4.68 Å². The molecule has 0 saturated heterocycles. The summed E-state index contributed by atoms with van der Waals surface area (Å²) in [6.45, 7) is 0.195. The van der Waals surface area contributed by atoms with Crippen LogP contribution in [0.1, 0.15) is 11.1 Å². The zero-order valence-corrected chi connectivity index (χ0v) is 15.8. The number of hydrogen-bond donors (Lipinski definition) is 0. The van der Waals surface area contributed by atoms with Gasteiger partial charge in [0, 0.05) is 11.6 Å². The van der Waals surface area contributed by atoms with E-state index >= 15 is 0 Å². The summed E-state index contributed by atoms with van der Waals surface area (Å²) in [6, 6.07) is 15.9. The van der Waals surface area contributed by atoms with E-state index in [1.165, 1.54) is 32.1 Å². The third kappa shape index (κ3) is 3.67. The number of ether oxygens (including phenoxy) is 3. The number of rotatable bonds is 6. The van der Waals surface area contributed by atoms with E-state index in [0.717, 1.165) is 5.56 Å². The molecule has 1 aromatic heterocycles. The molecule has 3 rings (SSSR count). The summed E-state index contributed by atoms with van der Waals surface area (Å²) in [5.41, 5.74) is 2.24. The lowest BCUT2D eigenvalue weighted by Crippen LogP contribution is -2.23. The third-order valence-electron chi connectivity index (χ3n) is 4.29. The Morgan fingerprint density at radius 3 is 2.29 bits per heavy atom. The van der Waals surface area contributed by atoms with Crippen molar-refractivity contribution < 1.29 is 14.2 Å². The van der Waals surface area contributed by atoms with E-state index in [1.807, 2.05) is 6.07 Å². The van der Waals surface area contributed by atoms with E-state index in [1.54, 1.807) is 36.4 Å². The lowest BCUT2D eigenvalue weighted by Gasteiger charge is -2.14. The SMILES string of the molecule is COc1cc(-c2ccc(=O)n(Cc3ccccc3C#N)n2)cc(OC)c1OC. The summed E-state index contributed by atoms with van der Waals surface area (Å²) in [6.07, 6.45) is 0. The fourth-order valence-corrected chi connectivity index (χ4v) is 2.87. The van der Waals surface area contributed by atoms with Crippen molar-refractivity contribution >= 4 is 0 Å². The molecule has 0 aliphatic carbocycles.